The van der Waals surface area contributed by atoms with Gasteiger partial charge in [0.1, 0.15) is 5.60 Å². The highest BCUT2D eigenvalue weighted by molar-refractivity contribution is 6.00. The molecule has 0 saturated carbocycles. The number of ketones is 1. The first-order valence-corrected chi connectivity index (χ1v) is 6.47. The standard InChI is InChI=1S/C15H19NO3/c1-15(2,3)19-14(18)16-9-10-4-5-11-6-7-13(17)12(11)8-10/h4-5,8H,6-7,9H2,1-3H3,(H,16,18). The van der Waals surface area contributed by atoms with Gasteiger partial charge in [-0.2, -0.15) is 0 Å². The average Bonchev–Trinajstić information content (AvgIpc) is 2.66. The van der Waals surface area contributed by atoms with Gasteiger partial charge in [-0.15, -0.1) is 0 Å². The quantitative estimate of drug-likeness (QED) is 0.890. The van der Waals surface area contributed by atoms with E-state index in [4.69, 9.17) is 4.74 Å². The number of hydrogen-bond acceptors (Lipinski definition) is 3. The fourth-order valence-electron chi connectivity index (χ4n) is 2.08. The molecule has 0 radical (unpaired) electrons. The number of alkyl carbamates (subject to hydrolysis) is 1. The van der Waals surface area contributed by atoms with Crippen molar-refractivity contribution in [3.05, 3.63) is 34.9 Å². The van der Waals surface area contributed by atoms with Gasteiger partial charge in [0.25, 0.3) is 0 Å². The second kappa shape index (κ2) is 5.03. The fourth-order valence-corrected chi connectivity index (χ4v) is 2.08. The Bertz CT molecular complexity index is 515. The van der Waals surface area contributed by atoms with E-state index in [2.05, 4.69) is 5.32 Å². The van der Waals surface area contributed by atoms with Crippen molar-refractivity contribution in [3.8, 4) is 0 Å². The predicted molar refractivity (Wildman–Crippen MR) is 72.2 cm³/mol. The summed E-state index contributed by atoms with van der Waals surface area (Å²) in [7, 11) is 0. The number of benzene rings is 1. The van der Waals surface area contributed by atoms with Crippen LogP contribution in [0.1, 0.15) is 48.7 Å². The monoisotopic (exact) mass is 261 g/mol. The molecule has 0 bridgehead atoms. The molecule has 1 N–H and O–H groups in total. The molecule has 102 valence electrons. The molecule has 4 nitrogen and oxygen atoms in total. The maximum Gasteiger partial charge on any atom is 0.407 e. The Morgan fingerprint density at radius 3 is 2.74 bits per heavy atom. The summed E-state index contributed by atoms with van der Waals surface area (Å²) in [5.74, 6) is 0.189. The van der Waals surface area contributed by atoms with E-state index in [-0.39, 0.29) is 5.78 Å². The first-order valence-electron chi connectivity index (χ1n) is 6.47. The largest absolute Gasteiger partial charge is 0.444 e. The molecule has 0 atom stereocenters. The average molecular weight is 261 g/mol. The van der Waals surface area contributed by atoms with Crippen molar-refractivity contribution in [2.45, 2.75) is 45.8 Å². The van der Waals surface area contributed by atoms with Crippen LogP contribution in [0.15, 0.2) is 18.2 Å². The minimum atomic E-state index is -0.502. The summed E-state index contributed by atoms with van der Waals surface area (Å²) in [4.78, 5) is 23.2. The Balaban J connectivity index is 1.96. The van der Waals surface area contributed by atoms with Crippen LogP contribution in [0.2, 0.25) is 0 Å². The van der Waals surface area contributed by atoms with Gasteiger partial charge in [-0.1, -0.05) is 12.1 Å². The van der Waals surface area contributed by atoms with Crippen molar-refractivity contribution in [2.24, 2.45) is 0 Å². The summed E-state index contributed by atoms with van der Waals surface area (Å²) in [5.41, 5.74) is 2.31. The molecule has 0 spiro atoms. The van der Waals surface area contributed by atoms with E-state index in [0.717, 1.165) is 23.1 Å². The summed E-state index contributed by atoms with van der Waals surface area (Å²) >= 11 is 0. The van der Waals surface area contributed by atoms with Gasteiger partial charge in [0.05, 0.1) is 0 Å². The zero-order valence-electron chi connectivity index (χ0n) is 11.6. The summed E-state index contributed by atoms with van der Waals surface area (Å²) in [6.07, 6.45) is 0.978. The third kappa shape index (κ3) is 3.56. The molecule has 1 aromatic rings. The molecule has 0 aliphatic heterocycles. The van der Waals surface area contributed by atoms with Gasteiger partial charge in [0.2, 0.25) is 0 Å². The number of carbonyl (C=O) groups is 2. The highest BCUT2D eigenvalue weighted by Gasteiger charge is 2.20. The Hall–Kier alpha value is -1.84. The van der Waals surface area contributed by atoms with Crippen LogP contribution < -0.4 is 5.32 Å². The van der Waals surface area contributed by atoms with Crippen LogP contribution in [-0.2, 0) is 17.7 Å². The number of aryl methyl sites for hydroxylation is 1. The van der Waals surface area contributed by atoms with Crippen LogP contribution in [0.25, 0.3) is 0 Å². The summed E-state index contributed by atoms with van der Waals surface area (Å²) in [6, 6.07) is 5.77. The van der Waals surface area contributed by atoms with Crippen LogP contribution >= 0.6 is 0 Å². The molecular formula is C15H19NO3. The highest BCUT2D eigenvalue weighted by atomic mass is 16.6. The maximum atomic E-state index is 11.6. The molecule has 0 aromatic heterocycles. The zero-order valence-corrected chi connectivity index (χ0v) is 11.6. The van der Waals surface area contributed by atoms with Crippen molar-refractivity contribution < 1.29 is 14.3 Å². The lowest BCUT2D eigenvalue weighted by molar-refractivity contribution is 0.0523. The van der Waals surface area contributed by atoms with Gasteiger partial charge >= 0.3 is 6.09 Å². The minimum absolute atomic E-state index is 0.189. The van der Waals surface area contributed by atoms with Gasteiger partial charge in [0, 0.05) is 18.5 Å². The van der Waals surface area contributed by atoms with E-state index in [9.17, 15) is 9.59 Å². The molecule has 19 heavy (non-hydrogen) atoms. The number of ether oxygens (including phenoxy) is 1. The maximum absolute atomic E-state index is 11.6. The van der Waals surface area contributed by atoms with Crippen molar-refractivity contribution >= 4 is 11.9 Å². The van der Waals surface area contributed by atoms with E-state index < -0.39 is 11.7 Å². The smallest absolute Gasteiger partial charge is 0.407 e. The molecule has 0 fully saturated rings. The molecule has 1 aliphatic carbocycles. The third-order valence-corrected chi connectivity index (χ3v) is 2.93. The van der Waals surface area contributed by atoms with Crippen molar-refractivity contribution in [2.75, 3.05) is 0 Å². The molecule has 0 saturated heterocycles. The van der Waals surface area contributed by atoms with Crippen molar-refractivity contribution in [1.29, 1.82) is 0 Å². The van der Waals surface area contributed by atoms with Gasteiger partial charge in [0.15, 0.2) is 5.78 Å². The number of hydrogen-bond donors (Lipinski definition) is 1. The number of Topliss-reactive ketones (excluding diaryl/α,β-unsaturated/α-hetero) is 1. The van der Waals surface area contributed by atoms with E-state index >= 15 is 0 Å². The van der Waals surface area contributed by atoms with E-state index in [1.807, 2.05) is 39.0 Å². The fraction of sp³-hybridized carbons (Fsp3) is 0.467. The lowest BCUT2D eigenvalue weighted by Crippen LogP contribution is -2.32. The van der Waals surface area contributed by atoms with Crippen LogP contribution in [-0.4, -0.2) is 17.5 Å². The highest BCUT2D eigenvalue weighted by Crippen LogP contribution is 2.22. The number of rotatable bonds is 2. The van der Waals surface area contributed by atoms with Crippen LogP contribution in [0.4, 0.5) is 4.79 Å². The molecule has 1 amide bonds. The molecule has 1 aliphatic rings. The lowest BCUT2D eigenvalue weighted by Gasteiger charge is -2.19. The van der Waals surface area contributed by atoms with Gasteiger partial charge in [-0.3, -0.25) is 4.79 Å². The number of amides is 1. The van der Waals surface area contributed by atoms with Crippen molar-refractivity contribution in [1.82, 2.24) is 5.32 Å². The van der Waals surface area contributed by atoms with Gasteiger partial charge < -0.3 is 10.1 Å². The van der Waals surface area contributed by atoms with Crippen LogP contribution in [0.3, 0.4) is 0 Å². The second-order valence-electron chi connectivity index (χ2n) is 5.77. The molecule has 2 rings (SSSR count). The van der Waals surface area contributed by atoms with Crippen LogP contribution in [0, 0.1) is 0 Å². The zero-order chi connectivity index (χ0) is 14.0. The minimum Gasteiger partial charge on any atom is -0.444 e. The SMILES string of the molecule is CC(C)(C)OC(=O)NCc1ccc2c(c1)C(=O)CC2. The van der Waals surface area contributed by atoms with Crippen LogP contribution in [0.5, 0.6) is 0 Å². The van der Waals surface area contributed by atoms with Crippen molar-refractivity contribution in [3.63, 3.8) is 0 Å². The van der Waals surface area contributed by atoms with E-state index in [0.29, 0.717) is 13.0 Å². The topological polar surface area (TPSA) is 55.4 Å². The number of carbonyl (C=O) groups excluding carboxylic acids is 2. The molecular weight excluding hydrogens is 242 g/mol. The predicted octanol–water partition coefficient (Wildman–Crippen LogP) is 2.84. The first kappa shape index (κ1) is 13.6. The summed E-state index contributed by atoms with van der Waals surface area (Å²) < 4.78 is 5.16. The Morgan fingerprint density at radius 2 is 2.05 bits per heavy atom. The summed E-state index contributed by atoms with van der Waals surface area (Å²) in [5, 5.41) is 2.69. The molecule has 1 aromatic carbocycles. The number of fused-ring (bicyclic) bond motifs is 1. The normalized spacial score (nSPS) is 14.2. The second-order valence-corrected chi connectivity index (χ2v) is 5.77. The lowest BCUT2D eigenvalue weighted by atomic mass is 10.1. The molecule has 0 unspecified atom stereocenters. The van der Waals surface area contributed by atoms with Gasteiger partial charge in [-0.05, 0) is 44.4 Å². The number of nitrogens with one attached hydrogen (secondary N) is 1. The Kier molecular flexibility index (Phi) is 3.60. The molecule has 4 heteroatoms. The van der Waals surface area contributed by atoms with E-state index in [1.165, 1.54) is 0 Å². The molecule has 0 heterocycles. The van der Waals surface area contributed by atoms with Gasteiger partial charge in [-0.25, -0.2) is 4.79 Å². The third-order valence-electron chi connectivity index (χ3n) is 2.93. The Morgan fingerprint density at radius 1 is 1.32 bits per heavy atom. The Labute approximate surface area is 113 Å². The first-order chi connectivity index (χ1) is 8.85. The summed E-state index contributed by atoms with van der Waals surface area (Å²) in [6.45, 7) is 5.83. The van der Waals surface area contributed by atoms with E-state index in [1.54, 1.807) is 0 Å².